The minimum atomic E-state index is -3.37. The predicted molar refractivity (Wildman–Crippen MR) is 180 cm³/mol. The standard InChI is InChI=1S/2C16H36P.O3P/c2*1-5-9-13-17(14-10-6-2,15-11-7-3)16-12-8-4;1-4(2)3/h2*5-16H2,1-4H3;/q2*+1;-3/p+1. The van der Waals surface area contributed by atoms with Gasteiger partial charge in [-0.25, -0.2) is 0 Å². The SMILES string of the molecule is CCCC[P+](CCCC)(CCCC)CCCC.CCCC[P+](CCCC)(CCCC)CCCC.[H+].[O-]P([O-])[O-]. The third-order valence-corrected chi connectivity index (χ3v) is 18.0. The van der Waals surface area contributed by atoms with Crippen LogP contribution in [-0.2, 0) is 0 Å². The van der Waals surface area contributed by atoms with E-state index in [9.17, 15) is 0 Å². The summed E-state index contributed by atoms with van der Waals surface area (Å²) < 4.78 is 0. The highest BCUT2D eigenvalue weighted by Crippen LogP contribution is 2.62. The summed E-state index contributed by atoms with van der Waals surface area (Å²) in [5.74, 6) is 0. The molecule has 0 aromatic heterocycles. The molecule has 0 amide bonds. The molecule has 0 rings (SSSR count). The van der Waals surface area contributed by atoms with Crippen molar-refractivity contribution in [1.29, 1.82) is 0 Å². The molecule has 0 heterocycles. The maximum atomic E-state index is 8.48. The number of hydrogen-bond acceptors (Lipinski definition) is 3. The fraction of sp³-hybridized carbons (Fsp3) is 1.00. The van der Waals surface area contributed by atoms with Gasteiger partial charge in [-0.3, -0.25) is 0 Å². The second-order valence-electron chi connectivity index (χ2n) is 11.5. The molecule has 0 bridgehead atoms. The Balaban J connectivity index is -0.000000270. The molecule has 38 heavy (non-hydrogen) atoms. The summed E-state index contributed by atoms with van der Waals surface area (Å²) in [6.45, 7) is 18.8. The van der Waals surface area contributed by atoms with Crippen LogP contribution in [0.3, 0.4) is 0 Å². The van der Waals surface area contributed by atoms with Gasteiger partial charge < -0.3 is 23.3 Å². The van der Waals surface area contributed by atoms with Crippen molar-refractivity contribution in [1.82, 2.24) is 0 Å². The van der Waals surface area contributed by atoms with Crippen LogP contribution in [0, 0.1) is 0 Å². The molecular weight excluding hydrogens is 525 g/mol. The fourth-order valence-electron chi connectivity index (χ4n) is 5.29. The van der Waals surface area contributed by atoms with E-state index in [-0.39, 0.29) is 1.43 Å². The maximum absolute atomic E-state index is 8.48. The van der Waals surface area contributed by atoms with E-state index in [1.54, 1.807) is 49.3 Å². The van der Waals surface area contributed by atoms with Crippen molar-refractivity contribution in [3.63, 3.8) is 0 Å². The van der Waals surface area contributed by atoms with Crippen molar-refractivity contribution in [2.45, 2.75) is 158 Å². The molecule has 0 fully saturated rings. The molecule has 6 heteroatoms. The molecule has 0 atom stereocenters. The van der Waals surface area contributed by atoms with Crippen LogP contribution in [0.25, 0.3) is 0 Å². The largest absolute Gasteiger partial charge is 1.00 e. The molecule has 0 radical (unpaired) electrons. The molecular formula is C32H73O3P3. The Hall–Kier alpha value is 1.17. The summed E-state index contributed by atoms with van der Waals surface area (Å²) >= 11 is 0. The van der Waals surface area contributed by atoms with E-state index in [2.05, 4.69) is 55.4 Å². The molecule has 0 aliphatic rings. The van der Waals surface area contributed by atoms with Crippen LogP contribution in [0.4, 0.5) is 0 Å². The van der Waals surface area contributed by atoms with Gasteiger partial charge in [0.1, 0.15) is 0 Å². The van der Waals surface area contributed by atoms with Gasteiger partial charge in [-0.05, 0) is 51.4 Å². The summed E-state index contributed by atoms with van der Waals surface area (Å²) in [5.41, 5.74) is 0. The molecule has 0 spiro atoms. The average molecular weight is 599 g/mol. The lowest BCUT2D eigenvalue weighted by Gasteiger charge is -2.39. The zero-order valence-electron chi connectivity index (χ0n) is 28.5. The third-order valence-electron chi connectivity index (χ3n) is 7.89. The van der Waals surface area contributed by atoms with Gasteiger partial charge in [0.05, 0.1) is 49.3 Å². The number of rotatable bonds is 24. The summed E-state index contributed by atoms with van der Waals surface area (Å²) in [6.07, 6.45) is 35.9. The zero-order chi connectivity index (χ0) is 29.5. The minimum Gasteiger partial charge on any atom is -0.854 e. The Bertz CT molecular complexity index is 329. The summed E-state index contributed by atoms with van der Waals surface area (Å²) in [6, 6.07) is 0. The molecule has 0 aliphatic heterocycles. The molecule has 0 saturated heterocycles. The number of hydrogen-bond donors (Lipinski definition) is 0. The lowest BCUT2D eigenvalue weighted by molar-refractivity contribution is -0.407. The van der Waals surface area contributed by atoms with Crippen LogP contribution < -0.4 is 14.7 Å². The predicted octanol–water partition coefficient (Wildman–Crippen LogP) is 9.82. The monoisotopic (exact) mass is 598 g/mol. The molecule has 234 valence electrons. The van der Waals surface area contributed by atoms with E-state index < -0.39 is 23.1 Å². The van der Waals surface area contributed by atoms with Crippen molar-refractivity contribution < 1.29 is 16.1 Å². The van der Waals surface area contributed by atoms with Gasteiger partial charge >= 0.3 is 1.43 Å². The van der Waals surface area contributed by atoms with Crippen LogP contribution in [0.5, 0.6) is 0 Å². The summed E-state index contributed by atoms with van der Waals surface area (Å²) in [5, 5.41) is 0. The van der Waals surface area contributed by atoms with Gasteiger partial charge in [0.2, 0.25) is 0 Å². The van der Waals surface area contributed by atoms with Gasteiger partial charge in [0.25, 0.3) is 0 Å². The molecule has 3 nitrogen and oxygen atoms in total. The topological polar surface area (TPSA) is 69.2 Å². The summed E-state index contributed by atoms with van der Waals surface area (Å²) in [4.78, 5) is 25.4. The van der Waals surface area contributed by atoms with Crippen molar-refractivity contribution in [3.8, 4) is 0 Å². The highest BCUT2D eigenvalue weighted by molar-refractivity contribution is 7.76. The quantitative estimate of drug-likeness (QED) is 0.104. The molecule has 0 saturated carbocycles. The van der Waals surface area contributed by atoms with E-state index in [1.165, 1.54) is 103 Å². The fourth-order valence-corrected chi connectivity index (χ4v) is 15.9. The normalized spacial score (nSPS) is 11.7. The van der Waals surface area contributed by atoms with E-state index in [0.717, 1.165) is 0 Å². The Kier molecular flexibility index (Phi) is 37.5. The van der Waals surface area contributed by atoms with Gasteiger partial charge in [0, 0.05) is 14.5 Å². The smallest absolute Gasteiger partial charge is 0.854 e. The third kappa shape index (κ3) is 28.7. The van der Waals surface area contributed by atoms with Crippen LogP contribution in [-0.4, -0.2) is 49.3 Å². The van der Waals surface area contributed by atoms with E-state index in [4.69, 9.17) is 14.7 Å². The van der Waals surface area contributed by atoms with Gasteiger partial charge in [-0.15, -0.1) is 0 Å². The van der Waals surface area contributed by atoms with Crippen LogP contribution in [0.15, 0.2) is 0 Å². The van der Waals surface area contributed by atoms with Gasteiger partial charge in [-0.2, -0.15) is 0 Å². The summed E-state index contributed by atoms with van der Waals surface area (Å²) in [7, 11) is -4.49. The van der Waals surface area contributed by atoms with E-state index in [0.29, 0.717) is 0 Å². The first kappa shape index (κ1) is 43.6. The van der Waals surface area contributed by atoms with Crippen molar-refractivity contribution >= 4 is 23.1 Å². The molecule has 0 unspecified atom stereocenters. The molecule has 0 aliphatic carbocycles. The Morgan fingerprint density at radius 2 is 0.447 bits per heavy atom. The first-order valence-electron chi connectivity index (χ1n) is 16.7. The van der Waals surface area contributed by atoms with Crippen LogP contribution in [0.1, 0.15) is 160 Å². The van der Waals surface area contributed by atoms with Gasteiger partial charge in [-0.1, -0.05) is 107 Å². The second kappa shape index (κ2) is 32.7. The molecule has 0 aromatic carbocycles. The highest BCUT2D eigenvalue weighted by Gasteiger charge is 2.35. The Labute approximate surface area is 246 Å². The first-order valence-corrected chi connectivity index (χ1v) is 22.9. The Morgan fingerprint density at radius 1 is 0.342 bits per heavy atom. The molecule has 0 N–H and O–H groups in total. The van der Waals surface area contributed by atoms with Crippen molar-refractivity contribution in [3.05, 3.63) is 0 Å². The lowest BCUT2D eigenvalue weighted by Crippen LogP contribution is -2.18. The Morgan fingerprint density at radius 3 is 0.526 bits per heavy atom. The van der Waals surface area contributed by atoms with Crippen molar-refractivity contribution in [2.24, 2.45) is 0 Å². The zero-order valence-corrected chi connectivity index (χ0v) is 30.2. The average Bonchev–Trinajstić information content (AvgIpc) is 2.91. The first-order chi connectivity index (χ1) is 18.2. The van der Waals surface area contributed by atoms with Crippen LogP contribution in [0.2, 0.25) is 0 Å². The highest BCUT2D eigenvalue weighted by atomic mass is 31.2. The number of unbranched alkanes of at least 4 members (excludes halogenated alkanes) is 8. The van der Waals surface area contributed by atoms with E-state index in [1.807, 2.05) is 0 Å². The molecule has 0 aromatic rings. The maximum Gasteiger partial charge on any atom is 1.00 e. The van der Waals surface area contributed by atoms with Crippen molar-refractivity contribution in [2.75, 3.05) is 49.3 Å². The second-order valence-corrected chi connectivity index (χ2v) is 20.9. The lowest BCUT2D eigenvalue weighted by atomic mass is 10.4. The van der Waals surface area contributed by atoms with Crippen LogP contribution >= 0.6 is 23.1 Å². The minimum absolute atomic E-state index is 0. The van der Waals surface area contributed by atoms with E-state index >= 15 is 0 Å². The van der Waals surface area contributed by atoms with Gasteiger partial charge in [0.15, 0.2) is 0 Å².